The van der Waals surface area contributed by atoms with Crippen molar-refractivity contribution in [1.82, 2.24) is 9.29 Å². The van der Waals surface area contributed by atoms with E-state index >= 15 is 0 Å². The van der Waals surface area contributed by atoms with Gasteiger partial charge in [0.05, 0.1) is 13.2 Å². The van der Waals surface area contributed by atoms with Gasteiger partial charge in [-0.05, 0) is 19.8 Å². The summed E-state index contributed by atoms with van der Waals surface area (Å²) >= 11 is 0. The van der Waals surface area contributed by atoms with E-state index in [2.05, 4.69) is 4.98 Å². The molecule has 0 spiro atoms. The molecule has 2 aliphatic rings. The monoisotopic (exact) mass is 420 g/mol. The number of rotatable bonds is 4. The smallest absolute Gasteiger partial charge is 0.266 e. The first-order chi connectivity index (χ1) is 14.0. The molecule has 0 unspecified atom stereocenters. The number of hydrogen-bond donors (Lipinski definition) is 0. The summed E-state index contributed by atoms with van der Waals surface area (Å²) in [6.45, 7) is 4.91. The molecule has 2 fully saturated rings. The number of hydrogen-bond acceptors (Lipinski definition) is 8. The molecule has 4 heterocycles. The van der Waals surface area contributed by atoms with Crippen LogP contribution in [0.5, 0.6) is 0 Å². The van der Waals surface area contributed by atoms with E-state index in [-0.39, 0.29) is 28.0 Å². The predicted octanol–water partition coefficient (Wildman–Crippen LogP) is 2.52. The number of aryl methyl sites for hydroxylation is 1. The zero-order valence-electron chi connectivity index (χ0n) is 16.4. The molecule has 2 aromatic rings. The van der Waals surface area contributed by atoms with Crippen LogP contribution in [0.15, 0.2) is 19.8 Å². The van der Waals surface area contributed by atoms with Gasteiger partial charge < -0.3 is 18.5 Å². The Morgan fingerprint density at radius 1 is 1.07 bits per heavy atom. The number of morpholine rings is 1. The lowest BCUT2D eigenvalue weighted by Crippen LogP contribution is -2.36. The molecule has 2 saturated heterocycles. The quantitative estimate of drug-likeness (QED) is 0.741. The Hall–Kier alpha value is -2.35. The molecule has 0 aromatic carbocycles. The Bertz CT molecular complexity index is 1010. The average Bonchev–Trinajstić information content (AvgIpc) is 3.22. The molecule has 0 radical (unpaired) electrons. The second-order valence-electron chi connectivity index (χ2n) is 7.23. The van der Waals surface area contributed by atoms with Crippen LogP contribution in [0.1, 0.15) is 37.1 Å². The summed E-state index contributed by atoms with van der Waals surface area (Å²) in [5.41, 5.74) is 0.146. The van der Waals surface area contributed by atoms with Gasteiger partial charge in [-0.25, -0.2) is 8.42 Å². The number of anilines is 1. The molecule has 0 bridgehead atoms. The van der Waals surface area contributed by atoms with Crippen molar-refractivity contribution >= 4 is 15.9 Å². The molecule has 9 nitrogen and oxygen atoms in total. The van der Waals surface area contributed by atoms with Crippen molar-refractivity contribution in [2.24, 2.45) is 0 Å². The summed E-state index contributed by atoms with van der Waals surface area (Å²) < 4.78 is 44.6. The molecule has 0 atom stereocenters. The summed E-state index contributed by atoms with van der Waals surface area (Å²) in [7, 11) is -3.65. The van der Waals surface area contributed by atoms with E-state index in [1.54, 1.807) is 6.92 Å². The topological polar surface area (TPSA) is 113 Å². The molecule has 0 aliphatic carbocycles. The number of ether oxygens (including phenoxy) is 1. The van der Waals surface area contributed by atoms with Crippen LogP contribution in [0.3, 0.4) is 0 Å². The minimum atomic E-state index is -3.65. The second kappa shape index (κ2) is 8.18. The number of aromatic nitrogens is 1. The Kier molecular flexibility index (Phi) is 5.63. The minimum Gasteiger partial charge on any atom is -0.455 e. The zero-order chi connectivity index (χ0) is 20.4. The number of oxazole rings is 1. The standard InChI is InChI=1S/C19H24N4O5S/c1-14-17(29(24,25)23-6-4-2-3-5-7-23)12-16(27-14)18-21-15(13-20)19(28-18)22-8-10-26-11-9-22/h12H,2-11H2,1H3. The molecule has 156 valence electrons. The van der Waals surface area contributed by atoms with E-state index in [0.717, 1.165) is 25.7 Å². The van der Waals surface area contributed by atoms with Crippen molar-refractivity contribution in [2.45, 2.75) is 37.5 Å². The number of furan rings is 1. The van der Waals surface area contributed by atoms with Crippen molar-refractivity contribution in [3.8, 4) is 17.7 Å². The highest BCUT2D eigenvalue weighted by Crippen LogP contribution is 2.34. The van der Waals surface area contributed by atoms with E-state index < -0.39 is 10.0 Å². The van der Waals surface area contributed by atoms with Gasteiger partial charge in [0.2, 0.25) is 21.6 Å². The van der Waals surface area contributed by atoms with Crippen molar-refractivity contribution in [1.29, 1.82) is 5.26 Å². The van der Waals surface area contributed by atoms with Crippen molar-refractivity contribution in [3.05, 3.63) is 17.5 Å². The zero-order valence-corrected chi connectivity index (χ0v) is 17.2. The van der Waals surface area contributed by atoms with Crippen LogP contribution in [0, 0.1) is 18.3 Å². The molecule has 29 heavy (non-hydrogen) atoms. The van der Waals surface area contributed by atoms with Gasteiger partial charge in [0.15, 0.2) is 5.76 Å². The Morgan fingerprint density at radius 3 is 2.41 bits per heavy atom. The molecular formula is C19H24N4O5S. The van der Waals surface area contributed by atoms with Gasteiger partial charge >= 0.3 is 0 Å². The number of nitrogens with zero attached hydrogens (tertiary/aromatic N) is 4. The summed E-state index contributed by atoms with van der Waals surface area (Å²) in [6, 6.07) is 3.49. The van der Waals surface area contributed by atoms with Crippen LogP contribution in [0.2, 0.25) is 0 Å². The average molecular weight is 420 g/mol. The summed E-state index contributed by atoms with van der Waals surface area (Å²) in [4.78, 5) is 6.24. The molecular weight excluding hydrogens is 396 g/mol. The number of nitriles is 1. The normalized spacial score (nSPS) is 19.1. The highest BCUT2D eigenvalue weighted by molar-refractivity contribution is 7.89. The van der Waals surface area contributed by atoms with Gasteiger partial charge in [0.1, 0.15) is 16.7 Å². The largest absolute Gasteiger partial charge is 0.455 e. The third kappa shape index (κ3) is 3.90. The van der Waals surface area contributed by atoms with Gasteiger partial charge in [-0.15, -0.1) is 0 Å². The minimum absolute atomic E-state index is 0.100. The molecule has 0 amide bonds. The third-order valence-electron chi connectivity index (χ3n) is 5.28. The second-order valence-corrected chi connectivity index (χ2v) is 9.14. The fourth-order valence-corrected chi connectivity index (χ4v) is 5.40. The first-order valence-corrected chi connectivity index (χ1v) is 11.3. The van der Waals surface area contributed by atoms with E-state index in [9.17, 15) is 13.7 Å². The summed E-state index contributed by atoms with van der Waals surface area (Å²) in [5, 5.41) is 9.43. The van der Waals surface area contributed by atoms with Gasteiger partial charge in [0, 0.05) is 32.2 Å². The first-order valence-electron chi connectivity index (χ1n) is 9.85. The lowest BCUT2D eigenvalue weighted by molar-refractivity contribution is 0.120. The maximum absolute atomic E-state index is 13.1. The Balaban J connectivity index is 1.66. The highest BCUT2D eigenvalue weighted by Gasteiger charge is 2.31. The summed E-state index contributed by atoms with van der Waals surface area (Å²) in [5.74, 6) is 0.945. The van der Waals surface area contributed by atoms with Crippen LogP contribution >= 0.6 is 0 Å². The fraction of sp³-hybridized carbons (Fsp3) is 0.579. The summed E-state index contributed by atoms with van der Waals surface area (Å²) in [6.07, 6.45) is 3.80. The predicted molar refractivity (Wildman–Crippen MR) is 104 cm³/mol. The van der Waals surface area contributed by atoms with Gasteiger partial charge in [0.25, 0.3) is 5.89 Å². The molecule has 2 aromatic heterocycles. The van der Waals surface area contributed by atoms with E-state index in [4.69, 9.17) is 13.6 Å². The van der Waals surface area contributed by atoms with Gasteiger partial charge in [-0.1, -0.05) is 12.8 Å². The highest BCUT2D eigenvalue weighted by atomic mass is 32.2. The van der Waals surface area contributed by atoms with E-state index in [1.165, 1.54) is 10.4 Å². The fourth-order valence-electron chi connectivity index (χ4n) is 3.72. The maximum Gasteiger partial charge on any atom is 0.266 e. The number of sulfonamides is 1. The van der Waals surface area contributed by atoms with Crippen molar-refractivity contribution < 1.29 is 22.0 Å². The van der Waals surface area contributed by atoms with Crippen LogP contribution in [-0.2, 0) is 14.8 Å². The molecule has 0 saturated carbocycles. The molecule has 0 N–H and O–H groups in total. The van der Waals surface area contributed by atoms with Crippen molar-refractivity contribution in [2.75, 3.05) is 44.3 Å². The Morgan fingerprint density at radius 2 is 1.76 bits per heavy atom. The molecule has 4 rings (SSSR count). The van der Waals surface area contributed by atoms with Gasteiger partial charge in [-0.2, -0.15) is 14.6 Å². The Labute approximate surface area is 169 Å². The third-order valence-corrected chi connectivity index (χ3v) is 7.29. The van der Waals surface area contributed by atoms with Crippen LogP contribution in [0.25, 0.3) is 11.7 Å². The maximum atomic E-state index is 13.1. The van der Waals surface area contributed by atoms with E-state index in [0.29, 0.717) is 45.3 Å². The SMILES string of the molecule is Cc1oc(-c2nc(C#N)c(N3CCOCC3)o2)cc1S(=O)(=O)N1CCCCCC1. The van der Waals surface area contributed by atoms with Crippen molar-refractivity contribution in [3.63, 3.8) is 0 Å². The van der Waals surface area contributed by atoms with E-state index in [1.807, 2.05) is 11.0 Å². The van der Waals surface area contributed by atoms with Gasteiger partial charge in [-0.3, -0.25) is 0 Å². The van der Waals surface area contributed by atoms with Crippen LogP contribution in [0.4, 0.5) is 5.88 Å². The van der Waals surface area contributed by atoms with Crippen LogP contribution < -0.4 is 4.90 Å². The molecule has 2 aliphatic heterocycles. The lowest BCUT2D eigenvalue weighted by atomic mass is 10.2. The lowest BCUT2D eigenvalue weighted by Gasteiger charge is -2.25. The van der Waals surface area contributed by atoms with Crippen LogP contribution in [-0.4, -0.2) is 57.1 Å². The molecule has 10 heteroatoms. The first kappa shape index (κ1) is 19.9.